The molecule has 7 nitrogen and oxygen atoms in total. The minimum atomic E-state index is -0.318. The molecule has 0 saturated carbocycles. The Kier molecular flexibility index (Phi) is 5.28. The van der Waals surface area contributed by atoms with Gasteiger partial charge in [-0.25, -0.2) is 4.98 Å². The first-order valence-corrected chi connectivity index (χ1v) is 9.77. The van der Waals surface area contributed by atoms with Crippen molar-refractivity contribution < 1.29 is 14.3 Å². The lowest BCUT2D eigenvalue weighted by molar-refractivity contribution is -0.136. The lowest BCUT2D eigenvalue weighted by atomic mass is 10.0. The Balaban J connectivity index is 1.69. The van der Waals surface area contributed by atoms with Gasteiger partial charge in [-0.15, -0.1) is 0 Å². The van der Waals surface area contributed by atoms with E-state index < -0.39 is 0 Å². The number of fused-ring (bicyclic) bond motifs is 1. The van der Waals surface area contributed by atoms with Gasteiger partial charge in [0.1, 0.15) is 6.10 Å². The Labute approximate surface area is 164 Å². The number of hydrogen-bond donors (Lipinski definition) is 0. The van der Waals surface area contributed by atoms with Gasteiger partial charge >= 0.3 is 0 Å². The quantitative estimate of drug-likeness (QED) is 0.788. The first kappa shape index (κ1) is 18.8. The van der Waals surface area contributed by atoms with Crippen LogP contribution in [0.4, 0.5) is 0 Å². The molecule has 1 aromatic carbocycles. The highest BCUT2D eigenvalue weighted by Crippen LogP contribution is 2.27. The van der Waals surface area contributed by atoms with Gasteiger partial charge in [0.05, 0.1) is 29.9 Å². The number of ether oxygens (including phenoxy) is 1. The fourth-order valence-electron chi connectivity index (χ4n) is 3.83. The average Bonchev–Trinajstić information content (AvgIpc) is 2.73. The number of rotatable bonds is 2. The normalized spacial score (nSPS) is 21.1. The Morgan fingerprint density at radius 3 is 2.57 bits per heavy atom. The van der Waals surface area contributed by atoms with Gasteiger partial charge in [-0.3, -0.25) is 9.59 Å². The molecular formula is C21H26N4O3. The molecule has 3 heterocycles. The predicted octanol–water partition coefficient (Wildman–Crippen LogP) is 1.54. The molecule has 0 unspecified atom stereocenters. The SMILES string of the molecule is CC(=O)N1CCO[C@H](c2cc(C(=O)N3CCN(C)CC3)c3ccccc3n2)C1. The van der Waals surface area contributed by atoms with Gasteiger partial charge in [0.15, 0.2) is 0 Å². The van der Waals surface area contributed by atoms with Crippen LogP contribution in [0.5, 0.6) is 0 Å². The van der Waals surface area contributed by atoms with Crippen molar-refractivity contribution in [3.8, 4) is 0 Å². The molecule has 1 atom stereocenters. The van der Waals surface area contributed by atoms with Crippen molar-refractivity contribution in [2.24, 2.45) is 0 Å². The van der Waals surface area contributed by atoms with Crippen molar-refractivity contribution in [3.63, 3.8) is 0 Å². The molecule has 2 fully saturated rings. The number of carbonyl (C=O) groups excluding carboxylic acids is 2. The highest BCUT2D eigenvalue weighted by molar-refractivity contribution is 6.06. The second-order valence-corrected chi connectivity index (χ2v) is 7.53. The fourth-order valence-corrected chi connectivity index (χ4v) is 3.83. The molecule has 4 rings (SSSR count). The van der Waals surface area contributed by atoms with Crippen molar-refractivity contribution in [2.45, 2.75) is 13.0 Å². The Morgan fingerprint density at radius 2 is 1.82 bits per heavy atom. The van der Waals surface area contributed by atoms with Crippen LogP contribution < -0.4 is 0 Å². The molecule has 2 aromatic rings. The molecule has 2 aliphatic rings. The van der Waals surface area contributed by atoms with Crippen LogP contribution in [0.25, 0.3) is 10.9 Å². The van der Waals surface area contributed by atoms with Gasteiger partial charge < -0.3 is 19.4 Å². The number of hydrogen-bond acceptors (Lipinski definition) is 5. The van der Waals surface area contributed by atoms with E-state index >= 15 is 0 Å². The second-order valence-electron chi connectivity index (χ2n) is 7.53. The number of carbonyl (C=O) groups is 2. The molecule has 0 spiro atoms. The zero-order valence-electron chi connectivity index (χ0n) is 16.4. The van der Waals surface area contributed by atoms with E-state index in [9.17, 15) is 9.59 Å². The summed E-state index contributed by atoms with van der Waals surface area (Å²) in [6, 6.07) is 9.58. The third kappa shape index (κ3) is 3.72. The fraction of sp³-hybridized carbons (Fsp3) is 0.476. The molecule has 1 aromatic heterocycles. The number of morpholine rings is 1. The Bertz CT molecular complexity index is 892. The van der Waals surface area contributed by atoms with Gasteiger partial charge in [0, 0.05) is 45.0 Å². The zero-order chi connectivity index (χ0) is 19.7. The minimum absolute atomic E-state index is 0.0304. The minimum Gasteiger partial charge on any atom is -0.368 e. The van der Waals surface area contributed by atoms with Crippen LogP contribution in [0.15, 0.2) is 30.3 Å². The number of amides is 2. The number of likely N-dealkylation sites (N-methyl/N-ethyl adjacent to an activating group) is 1. The van der Waals surface area contributed by atoms with Crippen molar-refractivity contribution in [2.75, 3.05) is 52.9 Å². The number of pyridine rings is 1. The van der Waals surface area contributed by atoms with Crippen molar-refractivity contribution >= 4 is 22.7 Å². The molecular weight excluding hydrogens is 356 g/mol. The summed E-state index contributed by atoms with van der Waals surface area (Å²) in [5.41, 5.74) is 2.15. The summed E-state index contributed by atoms with van der Waals surface area (Å²) in [6.45, 7) is 6.29. The number of aromatic nitrogens is 1. The van der Waals surface area contributed by atoms with E-state index in [4.69, 9.17) is 9.72 Å². The van der Waals surface area contributed by atoms with Crippen LogP contribution in [0.1, 0.15) is 29.1 Å². The zero-order valence-corrected chi connectivity index (χ0v) is 16.4. The molecule has 148 valence electrons. The van der Waals surface area contributed by atoms with Gasteiger partial charge in [-0.05, 0) is 19.2 Å². The van der Waals surface area contributed by atoms with E-state index in [0.717, 1.165) is 37.1 Å². The average molecular weight is 382 g/mol. The lowest BCUT2D eigenvalue weighted by Crippen LogP contribution is -2.47. The van der Waals surface area contributed by atoms with Crippen LogP contribution in [0, 0.1) is 0 Å². The summed E-state index contributed by atoms with van der Waals surface area (Å²) >= 11 is 0. The molecule has 2 amide bonds. The largest absolute Gasteiger partial charge is 0.368 e. The van der Waals surface area contributed by atoms with Crippen LogP contribution in [0.2, 0.25) is 0 Å². The summed E-state index contributed by atoms with van der Waals surface area (Å²) in [4.78, 5) is 35.7. The standard InChI is InChI=1S/C21H26N4O3/c1-15(26)25-11-12-28-20(14-25)19-13-17(16-5-3-4-6-18(16)22-19)21(27)24-9-7-23(2)8-10-24/h3-6,13,20H,7-12,14H2,1-2H3/t20-/m0/s1. The maximum absolute atomic E-state index is 13.3. The van der Waals surface area contributed by atoms with Crippen LogP contribution >= 0.6 is 0 Å². The third-order valence-corrected chi connectivity index (χ3v) is 5.60. The van der Waals surface area contributed by atoms with Crippen LogP contribution in [-0.2, 0) is 9.53 Å². The van der Waals surface area contributed by atoms with Gasteiger partial charge in [0.25, 0.3) is 5.91 Å². The summed E-state index contributed by atoms with van der Waals surface area (Å²) in [5.74, 6) is 0.0648. The first-order valence-electron chi connectivity index (χ1n) is 9.77. The van der Waals surface area contributed by atoms with E-state index in [1.54, 1.807) is 11.8 Å². The van der Waals surface area contributed by atoms with E-state index in [-0.39, 0.29) is 17.9 Å². The van der Waals surface area contributed by atoms with Gasteiger partial charge in [-0.1, -0.05) is 18.2 Å². The summed E-state index contributed by atoms with van der Waals surface area (Å²) < 4.78 is 5.90. The van der Waals surface area contributed by atoms with Crippen LogP contribution in [-0.4, -0.2) is 84.4 Å². The monoisotopic (exact) mass is 382 g/mol. The van der Waals surface area contributed by atoms with Gasteiger partial charge in [-0.2, -0.15) is 0 Å². The lowest BCUT2D eigenvalue weighted by Gasteiger charge is -2.33. The van der Waals surface area contributed by atoms with Crippen LogP contribution in [0.3, 0.4) is 0 Å². The van der Waals surface area contributed by atoms with Crippen molar-refractivity contribution in [3.05, 3.63) is 41.6 Å². The van der Waals surface area contributed by atoms with E-state index in [1.807, 2.05) is 35.2 Å². The topological polar surface area (TPSA) is 66.0 Å². The van der Waals surface area contributed by atoms with E-state index in [2.05, 4.69) is 11.9 Å². The maximum atomic E-state index is 13.3. The van der Waals surface area contributed by atoms with E-state index in [0.29, 0.717) is 31.0 Å². The maximum Gasteiger partial charge on any atom is 0.254 e. The number of benzene rings is 1. The predicted molar refractivity (Wildman–Crippen MR) is 106 cm³/mol. The van der Waals surface area contributed by atoms with E-state index in [1.165, 1.54) is 0 Å². The highest BCUT2D eigenvalue weighted by Gasteiger charge is 2.28. The molecule has 2 aliphatic heterocycles. The number of piperazine rings is 1. The third-order valence-electron chi connectivity index (χ3n) is 5.60. The first-order chi connectivity index (χ1) is 13.5. The molecule has 0 aliphatic carbocycles. The number of para-hydroxylation sites is 1. The van der Waals surface area contributed by atoms with Crippen molar-refractivity contribution in [1.29, 1.82) is 0 Å². The molecule has 2 saturated heterocycles. The molecule has 0 bridgehead atoms. The summed E-state index contributed by atoms with van der Waals surface area (Å²) in [5, 5.41) is 0.856. The van der Waals surface area contributed by atoms with Gasteiger partial charge in [0.2, 0.25) is 5.91 Å². The second kappa shape index (κ2) is 7.85. The number of nitrogens with zero attached hydrogens (tertiary/aromatic N) is 4. The van der Waals surface area contributed by atoms with Crippen molar-refractivity contribution in [1.82, 2.24) is 19.7 Å². The molecule has 28 heavy (non-hydrogen) atoms. The Morgan fingerprint density at radius 1 is 1.07 bits per heavy atom. The summed E-state index contributed by atoms with van der Waals surface area (Å²) in [6.07, 6.45) is -0.318. The molecule has 7 heteroatoms. The smallest absolute Gasteiger partial charge is 0.254 e. The molecule has 0 N–H and O–H groups in total. The Hall–Kier alpha value is -2.51. The molecule has 0 radical (unpaired) electrons. The highest BCUT2D eigenvalue weighted by atomic mass is 16.5. The summed E-state index contributed by atoms with van der Waals surface area (Å²) in [7, 11) is 2.07.